The largest absolute Gasteiger partial charge is 0.481 e. The molecule has 0 radical (unpaired) electrons. The zero-order valence-electron chi connectivity index (χ0n) is 14.8. The summed E-state index contributed by atoms with van der Waals surface area (Å²) >= 11 is 0. The van der Waals surface area contributed by atoms with Crippen molar-refractivity contribution < 1.29 is 14.7 Å². The van der Waals surface area contributed by atoms with Gasteiger partial charge < -0.3 is 5.11 Å². The maximum Gasteiger partial charge on any atom is 0.307 e. The summed E-state index contributed by atoms with van der Waals surface area (Å²) < 4.78 is 0. The Morgan fingerprint density at radius 3 is 2.52 bits per heavy atom. The van der Waals surface area contributed by atoms with Crippen molar-refractivity contribution in [2.24, 2.45) is 22.7 Å². The van der Waals surface area contributed by atoms with Crippen molar-refractivity contribution >= 4 is 11.8 Å². The predicted octanol–water partition coefficient (Wildman–Crippen LogP) is 4.78. The third kappa shape index (κ3) is 3.44. The summed E-state index contributed by atoms with van der Waals surface area (Å²) in [6.45, 7) is 15.0. The number of aliphatic carboxylic acids is 1. The molecule has 3 heteroatoms. The molecule has 0 heterocycles. The van der Waals surface area contributed by atoms with E-state index in [0.717, 1.165) is 24.8 Å². The summed E-state index contributed by atoms with van der Waals surface area (Å²) in [5.74, 6) is -0.351. The molecule has 0 aliphatic heterocycles. The smallest absolute Gasteiger partial charge is 0.307 e. The minimum absolute atomic E-state index is 0.0935. The number of carbonyl (C=O) groups excluding carboxylic acids is 1. The summed E-state index contributed by atoms with van der Waals surface area (Å²) in [7, 11) is 0. The Morgan fingerprint density at radius 1 is 1.26 bits per heavy atom. The van der Waals surface area contributed by atoms with Crippen molar-refractivity contribution in [2.75, 3.05) is 0 Å². The second-order valence-electron chi connectivity index (χ2n) is 8.45. The second-order valence-corrected chi connectivity index (χ2v) is 8.45. The molecule has 0 bridgehead atoms. The van der Waals surface area contributed by atoms with E-state index >= 15 is 0 Å². The number of fused-ring (bicyclic) bond motifs is 1. The normalized spacial score (nSPS) is 32.9. The fraction of sp³-hybridized carbons (Fsp3) is 0.700. The third-order valence-corrected chi connectivity index (χ3v) is 6.47. The number of carboxylic acid groups (broad SMARTS) is 1. The molecular weight excluding hydrogens is 288 g/mol. The van der Waals surface area contributed by atoms with Crippen LogP contribution in [0.3, 0.4) is 0 Å². The SMILES string of the molecule is C=C(CC(=O)O)C(=O)CC1C(=C)CCC2C(C)(C)CCCC12C. The fourth-order valence-corrected chi connectivity index (χ4v) is 5.26. The monoisotopic (exact) mass is 318 g/mol. The van der Waals surface area contributed by atoms with E-state index in [0.29, 0.717) is 17.8 Å². The van der Waals surface area contributed by atoms with Gasteiger partial charge in [0.25, 0.3) is 0 Å². The van der Waals surface area contributed by atoms with Crippen molar-refractivity contribution in [1.29, 1.82) is 0 Å². The summed E-state index contributed by atoms with van der Waals surface area (Å²) in [6.07, 6.45) is 5.80. The number of carbonyl (C=O) groups is 2. The Kier molecular flexibility index (Phi) is 4.89. The van der Waals surface area contributed by atoms with E-state index in [1.54, 1.807) is 0 Å². The van der Waals surface area contributed by atoms with Gasteiger partial charge in [0.1, 0.15) is 0 Å². The van der Waals surface area contributed by atoms with Crippen LogP contribution in [0, 0.1) is 22.7 Å². The molecule has 1 N–H and O–H groups in total. The zero-order chi connectivity index (χ0) is 17.4. The van der Waals surface area contributed by atoms with Crippen LogP contribution in [0.5, 0.6) is 0 Å². The van der Waals surface area contributed by atoms with Gasteiger partial charge in [0.2, 0.25) is 0 Å². The average Bonchev–Trinajstić information content (AvgIpc) is 2.40. The van der Waals surface area contributed by atoms with Crippen LogP contribution in [0.25, 0.3) is 0 Å². The number of rotatable bonds is 5. The molecule has 0 spiro atoms. The minimum atomic E-state index is -0.992. The van der Waals surface area contributed by atoms with Crippen LogP contribution in [0.15, 0.2) is 24.3 Å². The first kappa shape index (κ1) is 18.0. The standard InChI is InChI=1S/C20H30O3/c1-13-7-8-17-19(3,4)9-6-10-20(17,5)15(13)12-16(21)14(2)11-18(22)23/h15,17H,1-2,6-12H2,3-5H3,(H,22,23). The number of hydrogen-bond donors (Lipinski definition) is 1. The lowest BCUT2D eigenvalue weighted by Gasteiger charge is -2.58. The van der Waals surface area contributed by atoms with Gasteiger partial charge in [-0.25, -0.2) is 0 Å². The van der Waals surface area contributed by atoms with Crippen LogP contribution in [0.1, 0.15) is 65.7 Å². The highest BCUT2D eigenvalue weighted by atomic mass is 16.4. The number of carboxylic acids is 1. The Balaban J connectivity index is 2.22. The Hall–Kier alpha value is -1.38. The average molecular weight is 318 g/mol. The molecule has 3 atom stereocenters. The van der Waals surface area contributed by atoms with Gasteiger partial charge in [0.05, 0.1) is 6.42 Å². The summed E-state index contributed by atoms with van der Waals surface area (Å²) in [5, 5.41) is 8.87. The first-order chi connectivity index (χ1) is 10.6. The van der Waals surface area contributed by atoms with Crippen molar-refractivity contribution in [3.05, 3.63) is 24.3 Å². The van der Waals surface area contributed by atoms with Crippen LogP contribution in [-0.4, -0.2) is 16.9 Å². The van der Waals surface area contributed by atoms with E-state index in [9.17, 15) is 9.59 Å². The summed E-state index contributed by atoms with van der Waals surface area (Å²) in [5.41, 5.74) is 1.77. The first-order valence-electron chi connectivity index (χ1n) is 8.68. The molecule has 0 aromatic carbocycles. The Labute approximate surface area is 139 Å². The van der Waals surface area contributed by atoms with Crippen molar-refractivity contribution in [1.82, 2.24) is 0 Å². The quantitative estimate of drug-likeness (QED) is 0.586. The van der Waals surface area contributed by atoms with E-state index < -0.39 is 5.97 Å². The molecule has 0 saturated heterocycles. The molecule has 3 unspecified atom stereocenters. The molecular formula is C20H30O3. The Morgan fingerprint density at radius 2 is 1.91 bits per heavy atom. The maximum atomic E-state index is 12.5. The van der Waals surface area contributed by atoms with Gasteiger partial charge in [-0.05, 0) is 53.9 Å². The van der Waals surface area contributed by atoms with Crippen LogP contribution in [0.4, 0.5) is 0 Å². The summed E-state index contributed by atoms with van der Waals surface area (Å²) in [6, 6.07) is 0. The van der Waals surface area contributed by atoms with Crippen LogP contribution < -0.4 is 0 Å². The fourth-order valence-electron chi connectivity index (χ4n) is 5.26. The minimum Gasteiger partial charge on any atom is -0.481 e. The van der Waals surface area contributed by atoms with Crippen LogP contribution in [-0.2, 0) is 9.59 Å². The number of allylic oxidation sites excluding steroid dienone is 1. The van der Waals surface area contributed by atoms with Crippen LogP contribution >= 0.6 is 0 Å². The molecule has 23 heavy (non-hydrogen) atoms. The highest BCUT2D eigenvalue weighted by Crippen LogP contribution is 2.61. The molecule has 2 saturated carbocycles. The number of Topliss-reactive ketones (excluding diaryl/α,β-unsaturated/α-hetero) is 1. The number of ketones is 1. The molecule has 2 rings (SSSR count). The van der Waals surface area contributed by atoms with Crippen molar-refractivity contribution in [3.8, 4) is 0 Å². The molecule has 0 amide bonds. The van der Waals surface area contributed by atoms with Gasteiger partial charge >= 0.3 is 5.97 Å². The van der Waals surface area contributed by atoms with Crippen LogP contribution in [0.2, 0.25) is 0 Å². The van der Waals surface area contributed by atoms with Gasteiger partial charge in [-0.1, -0.05) is 45.9 Å². The molecule has 2 fully saturated rings. The lowest BCUT2D eigenvalue weighted by atomic mass is 9.47. The lowest BCUT2D eigenvalue weighted by Crippen LogP contribution is -2.49. The van der Waals surface area contributed by atoms with E-state index in [1.165, 1.54) is 12.8 Å². The van der Waals surface area contributed by atoms with Gasteiger partial charge in [-0.2, -0.15) is 0 Å². The predicted molar refractivity (Wildman–Crippen MR) is 92.1 cm³/mol. The topological polar surface area (TPSA) is 54.4 Å². The van der Waals surface area contributed by atoms with E-state index in [1.807, 2.05) is 0 Å². The molecule has 3 nitrogen and oxygen atoms in total. The third-order valence-electron chi connectivity index (χ3n) is 6.47. The highest BCUT2D eigenvalue weighted by Gasteiger charge is 2.53. The van der Waals surface area contributed by atoms with Gasteiger partial charge in [0.15, 0.2) is 5.78 Å². The van der Waals surface area contributed by atoms with E-state index in [-0.39, 0.29) is 29.1 Å². The molecule has 2 aliphatic carbocycles. The summed E-state index contributed by atoms with van der Waals surface area (Å²) in [4.78, 5) is 23.3. The molecule has 2 aliphatic rings. The lowest BCUT2D eigenvalue weighted by molar-refractivity contribution is -0.137. The number of hydrogen-bond acceptors (Lipinski definition) is 2. The van der Waals surface area contributed by atoms with E-state index in [2.05, 4.69) is 33.9 Å². The van der Waals surface area contributed by atoms with Gasteiger partial charge in [0, 0.05) is 6.42 Å². The first-order valence-corrected chi connectivity index (χ1v) is 8.68. The molecule has 0 aromatic rings. The van der Waals surface area contributed by atoms with Gasteiger partial charge in [-0.3, -0.25) is 9.59 Å². The second kappa shape index (κ2) is 6.26. The Bertz CT molecular complexity index is 543. The molecule has 128 valence electrons. The van der Waals surface area contributed by atoms with Gasteiger partial charge in [-0.15, -0.1) is 0 Å². The molecule has 0 aromatic heterocycles. The van der Waals surface area contributed by atoms with E-state index in [4.69, 9.17) is 5.11 Å². The maximum absolute atomic E-state index is 12.5. The van der Waals surface area contributed by atoms with Crippen molar-refractivity contribution in [2.45, 2.75) is 65.7 Å². The zero-order valence-corrected chi connectivity index (χ0v) is 14.8. The highest BCUT2D eigenvalue weighted by molar-refractivity contribution is 5.98. The van der Waals surface area contributed by atoms with Crippen molar-refractivity contribution in [3.63, 3.8) is 0 Å².